The van der Waals surface area contributed by atoms with Gasteiger partial charge in [-0.15, -0.1) is 12.6 Å². The van der Waals surface area contributed by atoms with E-state index in [9.17, 15) is 0 Å². The van der Waals surface area contributed by atoms with E-state index in [0.717, 1.165) is 33.0 Å². The molecular weight excluding hydrogens is 390 g/mol. The molecule has 0 aliphatic heterocycles. The highest BCUT2D eigenvalue weighted by Gasteiger charge is 2.15. The number of aromatic nitrogens is 2. The first-order chi connectivity index (χ1) is 14.3. The molecule has 6 heteroatoms. The van der Waals surface area contributed by atoms with Gasteiger partial charge < -0.3 is 16.5 Å². The molecule has 0 saturated heterocycles. The highest BCUT2D eigenvalue weighted by atomic mass is 32.1. The summed E-state index contributed by atoms with van der Waals surface area (Å²) < 4.78 is 0. The first kappa shape index (κ1) is 23.6. The fourth-order valence-electron chi connectivity index (χ4n) is 2.84. The van der Waals surface area contributed by atoms with Crippen LogP contribution in [0.1, 0.15) is 52.2 Å². The van der Waals surface area contributed by atoms with E-state index >= 15 is 0 Å². The van der Waals surface area contributed by atoms with Crippen LogP contribution < -0.4 is 11.1 Å². The van der Waals surface area contributed by atoms with Crippen molar-refractivity contribution in [3.05, 3.63) is 66.0 Å². The van der Waals surface area contributed by atoms with Crippen molar-refractivity contribution in [3.8, 4) is 11.3 Å². The second-order valence-corrected chi connectivity index (χ2v) is 7.79. The molecule has 0 aliphatic carbocycles. The summed E-state index contributed by atoms with van der Waals surface area (Å²) in [6, 6.07) is 13.5. The van der Waals surface area contributed by atoms with Crippen molar-refractivity contribution in [1.82, 2.24) is 9.97 Å². The number of hydrogen-bond acceptors (Lipinski definition) is 6. The quantitative estimate of drug-likeness (QED) is 0.283. The lowest BCUT2D eigenvalue weighted by molar-refractivity contribution is 0.554. The Morgan fingerprint density at radius 2 is 1.83 bits per heavy atom. The predicted molar refractivity (Wildman–Crippen MR) is 130 cm³/mol. The van der Waals surface area contributed by atoms with Crippen molar-refractivity contribution >= 4 is 29.8 Å². The average molecular weight is 422 g/mol. The molecule has 1 aromatic carbocycles. The first-order valence-electron chi connectivity index (χ1n) is 10.2. The van der Waals surface area contributed by atoms with Gasteiger partial charge in [-0.1, -0.05) is 20.8 Å². The molecule has 30 heavy (non-hydrogen) atoms. The molecule has 0 unspecified atom stereocenters. The Morgan fingerprint density at radius 1 is 1.10 bits per heavy atom. The molecule has 0 aliphatic rings. The van der Waals surface area contributed by atoms with Crippen LogP contribution in [0, 0.1) is 5.41 Å². The number of nitrogens with zero attached hydrogens (tertiary/aromatic N) is 2. The first-order valence-corrected chi connectivity index (χ1v) is 10.6. The van der Waals surface area contributed by atoms with E-state index in [1.165, 1.54) is 0 Å². The Bertz CT molecular complexity index is 991. The van der Waals surface area contributed by atoms with Crippen molar-refractivity contribution < 1.29 is 0 Å². The second kappa shape index (κ2) is 10.4. The molecule has 3 aromatic rings. The molecule has 0 bridgehead atoms. The predicted octanol–water partition coefficient (Wildman–Crippen LogP) is 6.17. The molecule has 0 spiro atoms. The Labute approximate surface area is 185 Å². The highest BCUT2D eigenvalue weighted by molar-refractivity contribution is 7.80. The largest absolute Gasteiger partial charge is 0.340 e. The lowest BCUT2D eigenvalue weighted by atomic mass is 9.95. The van der Waals surface area contributed by atoms with Crippen LogP contribution in [0.25, 0.3) is 11.3 Å². The van der Waals surface area contributed by atoms with Crippen LogP contribution in [-0.2, 0) is 5.54 Å². The number of benzene rings is 1. The Morgan fingerprint density at radius 3 is 2.43 bits per heavy atom. The lowest BCUT2D eigenvalue weighted by Gasteiger charge is -2.19. The average Bonchev–Trinajstić information content (AvgIpc) is 2.75. The van der Waals surface area contributed by atoms with E-state index in [4.69, 9.17) is 11.1 Å². The number of hydrogen-bond donors (Lipinski definition) is 4. The second-order valence-electron chi connectivity index (χ2n) is 7.27. The zero-order valence-corrected chi connectivity index (χ0v) is 19.2. The van der Waals surface area contributed by atoms with Crippen LogP contribution in [0.2, 0.25) is 0 Å². The van der Waals surface area contributed by atoms with E-state index in [1.807, 2.05) is 77.1 Å². The normalized spacial score (nSPS) is 10.8. The van der Waals surface area contributed by atoms with Crippen LogP contribution in [0.4, 0.5) is 11.5 Å². The van der Waals surface area contributed by atoms with Gasteiger partial charge in [-0.25, -0.2) is 4.98 Å². The van der Waals surface area contributed by atoms with Gasteiger partial charge in [0.05, 0.1) is 5.69 Å². The number of thiol groups is 1. The topological polar surface area (TPSA) is 87.7 Å². The third kappa shape index (κ3) is 5.90. The maximum Gasteiger partial charge on any atom is 0.130 e. The third-order valence-electron chi connectivity index (χ3n) is 4.51. The van der Waals surface area contributed by atoms with E-state index in [-0.39, 0.29) is 0 Å². The summed E-state index contributed by atoms with van der Waals surface area (Å²) in [6.45, 7) is 9.91. The van der Waals surface area contributed by atoms with Crippen molar-refractivity contribution in [1.29, 1.82) is 5.41 Å². The summed E-state index contributed by atoms with van der Waals surface area (Å²) >= 11 is 4.41. The number of anilines is 2. The molecule has 0 fully saturated rings. The summed E-state index contributed by atoms with van der Waals surface area (Å²) in [5, 5.41) is 11.5. The number of rotatable bonds is 6. The van der Waals surface area contributed by atoms with Gasteiger partial charge in [-0.3, -0.25) is 4.98 Å². The van der Waals surface area contributed by atoms with Gasteiger partial charge in [-0.2, -0.15) is 0 Å². The molecule has 158 valence electrons. The molecule has 5 nitrogen and oxygen atoms in total. The summed E-state index contributed by atoms with van der Waals surface area (Å²) in [5.41, 5.74) is 10.8. The van der Waals surface area contributed by atoms with Crippen LogP contribution in [0.5, 0.6) is 0 Å². The smallest absolute Gasteiger partial charge is 0.130 e. The Hall–Kier alpha value is -2.70. The third-order valence-corrected chi connectivity index (χ3v) is 4.79. The number of pyridine rings is 2. The van der Waals surface area contributed by atoms with Crippen molar-refractivity contribution in [2.75, 3.05) is 5.32 Å². The van der Waals surface area contributed by atoms with Crippen LogP contribution in [0.3, 0.4) is 0 Å². The minimum absolute atomic E-state index is 0.426. The lowest BCUT2D eigenvalue weighted by Crippen LogP contribution is -2.28. The fraction of sp³-hybridized carbons (Fsp3) is 0.292. The minimum atomic E-state index is -0.426. The van der Waals surface area contributed by atoms with Gasteiger partial charge in [0, 0.05) is 45.4 Å². The van der Waals surface area contributed by atoms with E-state index < -0.39 is 5.54 Å². The summed E-state index contributed by atoms with van der Waals surface area (Å²) in [5.74, 6) is 0.697. The zero-order valence-electron chi connectivity index (χ0n) is 18.3. The van der Waals surface area contributed by atoms with Crippen molar-refractivity contribution in [2.24, 2.45) is 5.73 Å². The van der Waals surface area contributed by atoms with Crippen molar-refractivity contribution in [3.63, 3.8) is 0 Å². The molecule has 0 saturated carbocycles. The maximum absolute atomic E-state index is 8.17. The molecule has 0 amide bonds. The molecule has 2 heterocycles. The highest BCUT2D eigenvalue weighted by Crippen LogP contribution is 2.26. The van der Waals surface area contributed by atoms with Gasteiger partial charge in [0.2, 0.25) is 0 Å². The summed E-state index contributed by atoms with van der Waals surface area (Å²) in [6.07, 6.45) is 4.21. The van der Waals surface area contributed by atoms with Crippen LogP contribution in [0.15, 0.2) is 59.8 Å². The van der Waals surface area contributed by atoms with Crippen LogP contribution >= 0.6 is 12.6 Å². The Kier molecular flexibility index (Phi) is 8.15. The zero-order chi connectivity index (χ0) is 22.3. The van der Waals surface area contributed by atoms with Crippen LogP contribution in [-0.4, -0.2) is 15.7 Å². The Balaban J connectivity index is 0.00000155. The number of nitrogens with one attached hydrogen (secondary N) is 2. The summed E-state index contributed by atoms with van der Waals surface area (Å²) in [7, 11) is 0. The molecule has 2 aromatic heterocycles. The molecule has 3 rings (SSSR count). The van der Waals surface area contributed by atoms with E-state index in [2.05, 4.69) is 27.9 Å². The van der Waals surface area contributed by atoms with E-state index in [1.54, 1.807) is 12.4 Å². The fourth-order valence-corrected chi connectivity index (χ4v) is 3.04. The molecule has 0 atom stereocenters. The standard InChI is InChI=1S/C22H25N5S.C2H6/c1-4-18(23)17-7-6-16(28)12-20(17)27-21-8-5-14(13-26-21)19-11-15(9-10-25-19)22(2,3)24;1-2/h5-13,23,28H,4,24H2,1-3H3,(H,26,27);1-2H3. The van der Waals surface area contributed by atoms with Gasteiger partial charge in [0.1, 0.15) is 5.82 Å². The van der Waals surface area contributed by atoms with Crippen molar-refractivity contribution in [2.45, 2.75) is 51.5 Å². The van der Waals surface area contributed by atoms with E-state index in [0.29, 0.717) is 18.0 Å². The monoisotopic (exact) mass is 421 g/mol. The van der Waals surface area contributed by atoms with Gasteiger partial charge in [0.25, 0.3) is 0 Å². The molecule has 4 N–H and O–H groups in total. The van der Waals surface area contributed by atoms with Gasteiger partial charge in [-0.05, 0) is 68.3 Å². The molecule has 0 radical (unpaired) electrons. The maximum atomic E-state index is 8.17. The number of nitrogens with two attached hydrogens (primary N) is 1. The SMILES string of the molecule is CC.CCC(=N)c1ccc(S)cc1Nc1ccc(-c2cc(C(C)(C)N)ccn2)cn1. The van der Waals surface area contributed by atoms with Gasteiger partial charge in [0.15, 0.2) is 0 Å². The molecular formula is C24H31N5S. The summed E-state index contributed by atoms with van der Waals surface area (Å²) in [4.78, 5) is 9.79. The van der Waals surface area contributed by atoms with Gasteiger partial charge >= 0.3 is 0 Å². The minimum Gasteiger partial charge on any atom is -0.340 e.